The average molecular weight is 943 g/mol. The van der Waals surface area contributed by atoms with Crippen molar-refractivity contribution in [3.05, 3.63) is 130 Å². The minimum atomic E-state index is -1.20. The summed E-state index contributed by atoms with van der Waals surface area (Å²) in [5.74, 6) is -2.53. The van der Waals surface area contributed by atoms with Gasteiger partial charge in [0.25, 0.3) is 0 Å². The highest BCUT2D eigenvalue weighted by atomic mass is 35.5. The van der Waals surface area contributed by atoms with Gasteiger partial charge in [-0.1, -0.05) is 105 Å². The maximum Gasteiger partial charge on any atom is 0.310 e. The van der Waals surface area contributed by atoms with E-state index in [0.717, 1.165) is 64.2 Å². The fraction of sp³-hybridized carbons (Fsp3) is 0.429. The van der Waals surface area contributed by atoms with Crippen LogP contribution in [0.4, 0.5) is 0 Å². The number of carbonyl (C=O) groups excluding carboxylic acids is 2. The van der Waals surface area contributed by atoms with Gasteiger partial charge in [0.1, 0.15) is 6.61 Å². The van der Waals surface area contributed by atoms with Gasteiger partial charge in [-0.05, 0) is 134 Å². The number of aromatic amines is 1. The lowest BCUT2D eigenvalue weighted by Crippen LogP contribution is -2.63. The normalized spacial score (nSPS) is 30.2. The van der Waals surface area contributed by atoms with Crippen molar-refractivity contribution >= 4 is 56.9 Å². The molecule has 4 aromatic carbocycles. The first-order valence-corrected chi connectivity index (χ1v) is 24.3. The molecule has 2 heterocycles. The molecule has 356 valence electrons. The van der Waals surface area contributed by atoms with Crippen molar-refractivity contribution in [3.8, 4) is 11.1 Å². The van der Waals surface area contributed by atoms with Crippen molar-refractivity contribution in [2.24, 2.45) is 28.6 Å². The Labute approximate surface area is 401 Å². The van der Waals surface area contributed by atoms with E-state index in [4.69, 9.17) is 31.3 Å². The third-order valence-electron chi connectivity index (χ3n) is 16.5. The predicted octanol–water partition coefficient (Wildman–Crippen LogP) is 10.3. The van der Waals surface area contributed by atoms with E-state index in [9.17, 15) is 29.4 Å². The minimum absolute atomic E-state index is 0.0125. The lowest BCUT2D eigenvalue weighted by atomic mass is 9.46. The number of rotatable bonds is 8. The molecule has 1 saturated heterocycles. The molecular weight excluding hydrogens is 882 g/mol. The molecule has 1 aliphatic heterocycles. The summed E-state index contributed by atoms with van der Waals surface area (Å²) in [7, 11) is 0. The molecule has 6 aliphatic rings. The Morgan fingerprint density at radius 2 is 1.59 bits per heavy atom. The number of halogens is 1. The van der Waals surface area contributed by atoms with Crippen LogP contribution >= 0.6 is 11.6 Å². The topological polar surface area (TPSA) is 183 Å². The van der Waals surface area contributed by atoms with Gasteiger partial charge in [0, 0.05) is 43.6 Å². The second-order valence-corrected chi connectivity index (χ2v) is 20.7. The van der Waals surface area contributed by atoms with E-state index in [0.29, 0.717) is 24.3 Å². The lowest BCUT2D eigenvalue weighted by Gasteiger charge is -2.59. The number of ether oxygens (including phenoxy) is 2. The summed E-state index contributed by atoms with van der Waals surface area (Å²) in [6.45, 7) is 9.09. The first-order chi connectivity index (χ1) is 32.4. The molecule has 1 aromatic heterocycles. The number of aliphatic hydroxyl groups is 2. The molecule has 5 aromatic rings. The number of carbonyl (C=O) groups is 4. The molecule has 5 aliphatic carbocycles. The standard InChI is InChI=1S/C25H34O6.C16H14O2.C15H12ClNO2/c1-4-5-21-30-20-11-17-16-7-6-14-10-15(27)8-9-23(14,2)22(16)18(28)12-24(17,3)25(20,31-21)19(29)13-26;1-10(16(17)18)11-6-7-15-13(8-11)9-12-4-2-3-5-14(12)15;1-8(15(18)19)9-2-4-11-12-7-10(16)3-5-13(12)17-14(11)6-9/h8-10,16-18,20-22,26,28H,4-7,11-13H2,1-3H3;2-8,10H,9H2,1H3,(H,17,18);2-8,17H,1H3,(H,18,19)/t16-,17-,18-,20+,21?,22+,23-,24-,25+;;/m0../s1. The fourth-order valence-electron chi connectivity index (χ4n) is 13.0. The van der Waals surface area contributed by atoms with Crippen LogP contribution in [0.3, 0.4) is 0 Å². The van der Waals surface area contributed by atoms with Crippen LogP contribution in [-0.4, -0.2) is 79.6 Å². The van der Waals surface area contributed by atoms with Gasteiger partial charge in [-0.25, -0.2) is 0 Å². The quantitative estimate of drug-likeness (QED) is 0.0984. The number of Topliss-reactive ketones (excluding diaryl/α,β-unsaturated/α-hetero) is 1. The predicted molar refractivity (Wildman–Crippen MR) is 260 cm³/mol. The number of H-pyrrole nitrogens is 1. The van der Waals surface area contributed by atoms with Crippen LogP contribution in [0, 0.1) is 28.6 Å². The zero-order valence-corrected chi connectivity index (χ0v) is 39.9. The number of benzene rings is 4. The number of carboxylic acids is 2. The number of aliphatic hydroxyl groups excluding tert-OH is 2. The number of aromatic nitrogens is 1. The third kappa shape index (κ3) is 7.84. The molecule has 68 heavy (non-hydrogen) atoms. The number of fused-ring (bicyclic) bond motifs is 13. The van der Waals surface area contributed by atoms with Crippen molar-refractivity contribution < 1.29 is 49.1 Å². The lowest BCUT2D eigenvalue weighted by molar-refractivity contribution is -0.200. The Balaban J connectivity index is 0.000000135. The summed E-state index contributed by atoms with van der Waals surface area (Å²) in [6, 6.07) is 25.7. The number of nitrogens with one attached hydrogen (secondary N) is 1. The van der Waals surface area contributed by atoms with E-state index in [1.54, 1.807) is 26.0 Å². The maximum absolute atomic E-state index is 13.2. The Morgan fingerprint density at radius 3 is 2.31 bits per heavy atom. The molecule has 0 radical (unpaired) electrons. The smallest absolute Gasteiger partial charge is 0.310 e. The molecule has 0 spiro atoms. The van der Waals surface area contributed by atoms with Gasteiger partial charge in [0.15, 0.2) is 23.5 Å². The number of carboxylic acid groups (broad SMARTS) is 2. The number of aliphatic carboxylic acids is 2. The highest BCUT2D eigenvalue weighted by Gasteiger charge is 2.75. The van der Waals surface area contributed by atoms with Crippen molar-refractivity contribution in [2.45, 2.75) is 115 Å². The molecule has 4 fully saturated rings. The molecule has 12 heteroatoms. The van der Waals surface area contributed by atoms with Crippen LogP contribution in [-0.2, 0) is 35.1 Å². The summed E-state index contributed by atoms with van der Waals surface area (Å²) < 4.78 is 12.7. The second kappa shape index (κ2) is 18.1. The highest BCUT2D eigenvalue weighted by molar-refractivity contribution is 6.31. The van der Waals surface area contributed by atoms with E-state index in [-0.39, 0.29) is 34.7 Å². The molecule has 0 amide bonds. The fourth-order valence-corrected chi connectivity index (χ4v) is 13.2. The molecule has 11 rings (SSSR count). The van der Waals surface area contributed by atoms with Gasteiger partial charge < -0.3 is 34.9 Å². The number of allylic oxidation sites excluding steroid dienone is 4. The van der Waals surface area contributed by atoms with E-state index < -0.39 is 59.9 Å². The summed E-state index contributed by atoms with van der Waals surface area (Å²) in [6.07, 6.45) is 9.22. The Morgan fingerprint density at radius 1 is 0.882 bits per heavy atom. The molecule has 11 atom stereocenters. The van der Waals surface area contributed by atoms with E-state index in [2.05, 4.69) is 44.0 Å². The minimum Gasteiger partial charge on any atom is -0.481 e. The monoisotopic (exact) mass is 941 g/mol. The van der Waals surface area contributed by atoms with E-state index in [1.165, 1.54) is 22.3 Å². The zero-order valence-electron chi connectivity index (χ0n) is 39.1. The summed E-state index contributed by atoms with van der Waals surface area (Å²) >= 11 is 6.01. The van der Waals surface area contributed by atoms with E-state index >= 15 is 0 Å². The maximum atomic E-state index is 13.2. The number of hydrogen-bond donors (Lipinski definition) is 5. The van der Waals surface area contributed by atoms with E-state index in [1.807, 2.05) is 66.7 Å². The van der Waals surface area contributed by atoms with Gasteiger partial charge in [0.2, 0.25) is 0 Å². The molecule has 3 saturated carbocycles. The largest absolute Gasteiger partial charge is 0.481 e. The first-order valence-electron chi connectivity index (χ1n) is 23.9. The Kier molecular flexibility index (Phi) is 12.7. The van der Waals surface area contributed by atoms with Gasteiger partial charge in [-0.3, -0.25) is 19.2 Å². The van der Waals surface area contributed by atoms with Crippen LogP contribution in [0.5, 0.6) is 0 Å². The van der Waals surface area contributed by atoms with Gasteiger partial charge in [0.05, 0.1) is 24.0 Å². The van der Waals surface area contributed by atoms with Crippen molar-refractivity contribution in [1.29, 1.82) is 0 Å². The summed E-state index contributed by atoms with van der Waals surface area (Å²) in [5.41, 5.74) is 7.65. The van der Waals surface area contributed by atoms with Crippen LogP contribution in [0.15, 0.2) is 103 Å². The molecule has 11 nitrogen and oxygen atoms in total. The molecule has 0 bridgehead atoms. The van der Waals surface area contributed by atoms with Crippen molar-refractivity contribution in [3.63, 3.8) is 0 Å². The highest BCUT2D eigenvalue weighted by Crippen LogP contribution is 2.69. The molecule has 5 N–H and O–H groups in total. The molecule has 3 unspecified atom stereocenters. The Bertz CT molecular complexity index is 2900. The average Bonchev–Trinajstić information content (AvgIpc) is 4.05. The van der Waals surface area contributed by atoms with Gasteiger partial charge in [-0.2, -0.15) is 0 Å². The third-order valence-corrected chi connectivity index (χ3v) is 16.7. The first kappa shape index (κ1) is 47.6. The van der Waals surface area contributed by atoms with Crippen LogP contribution < -0.4 is 0 Å². The number of hydrogen-bond acceptors (Lipinski definition) is 8. The summed E-state index contributed by atoms with van der Waals surface area (Å²) in [5, 5.41) is 42.3. The van der Waals surface area contributed by atoms with Crippen molar-refractivity contribution in [1.82, 2.24) is 4.98 Å². The zero-order chi connectivity index (χ0) is 48.4. The van der Waals surface area contributed by atoms with Crippen molar-refractivity contribution in [2.75, 3.05) is 6.61 Å². The van der Waals surface area contributed by atoms with Crippen LogP contribution in [0.2, 0.25) is 5.02 Å². The molecular formula is C56H60ClNO10. The Hall–Kier alpha value is -5.43. The van der Waals surface area contributed by atoms with Gasteiger partial charge >= 0.3 is 11.9 Å². The van der Waals surface area contributed by atoms with Crippen LogP contribution in [0.1, 0.15) is 107 Å². The summed E-state index contributed by atoms with van der Waals surface area (Å²) in [4.78, 5) is 50.5. The number of ketones is 2. The SMILES string of the molecule is CC(C(=O)O)c1ccc2c(c1)Cc1ccccc1-2.CC(C(=O)O)c1ccc2c(c1)[nH]c1ccc(Cl)cc12.CCCC1O[C@@H]2C[C@H]3[C@@H]4CCC5=CC(=O)C=C[C@]5(C)[C@H]4[C@@H](O)C[C@]3(C)[C@]2(C(=O)CO)O1. The van der Waals surface area contributed by atoms with Gasteiger partial charge in [-0.15, -0.1) is 0 Å². The second-order valence-electron chi connectivity index (χ2n) is 20.2. The van der Waals surface area contributed by atoms with Crippen LogP contribution in [0.25, 0.3) is 32.9 Å².